The van der Waals surface area contributed by atoms with Crippen molar-refractivity contribution in [2.45, 2.75) is 0 Å². The van der Waals surface area contributed by atoms with Gasteiger partial charge in [0.15, 0.2) is 5.92 Å². The van der Waals surface area contributed by atoms with Gasteiger partial charge in [0, 0.05) is 6.08 Å². The third-order valence-electron chi connectivity index (χ3n) is 1.15. The maximum absolute atomic E-state index is 10.6. The smallest absolute Gasteiger partial charge is 0.338 e. The number of cyclic esters (lactones) is 2. The van der Waals surface area contributed by atoms with Crippen molar-refractivity contribution in [1.82, 2.24) is 0 Å². The van der Waals surface area contributed by atoms with Crippen LogP contribution in [-0.4, -0.2) is 23.0 Å². The summed E-state index contributed by atoms with van der Waals surface area (Å²) in [6.45, 7) is 0. The van der Waals surface area contributed by atoms with Crippen molar-refractivity contribution in [1.29, 1.82) is 0 Å². The summed E-state index contributed by atoms with van der Waals surface area (Å²) >= 11 is 0. The first-order valence-electron chi connectivity index (χ1n) is 2.78. The van der Waals surface area contributed by atoms with Gasteiger partial charge in [0.25, 0.3) is 0 Å². The molecule has 0 aliphatic carbocycles. The predicted molar refractivity (Wildman–Crippen MR) is 31.4 cm³/mol. The Labute approximate surface area is 61.3 Å². The van der Waals surface area contributed by atoms with Crippen LogP contribution in [0.1, 0.15) is 0 Å². The van der Waals surface area contributed by atoms with Crippen molar-refractivity contribution < 1.29 is 24.2 Å². The molecule has 1 aliphatic rings. The van der Waals surface area contributed by atoms with Gasteiger partial charge in [-0.15, -0.1) is 0 Å². The van der Waals surface area contributed by atoms with Crippen molar-refractivity contribution in [3.8, 4) is 0 Å². The molecule has 5 heteroatoms. The maximum atomic E-state index is 10.6. The molecule has 0 radical (unpaired) electrons. The molecule has 1 rings (SSSR count). The van der Waals surface area contributed by atoms with Crippen LogP contribution in [0.5, 0.6) is 0 Å². The standard InChI is InChI=1S/C6H4O5/c7-4-2-1-3(5(8)9)6(10)11-4/h1-3H,(H,8,9). The quantitative estimate of drug-likeness (QED) is 0.402. The molecular weight excluding hydrogens is 152 g/mol. The highest BCUT2D eigenvalue weighted by atomic mass is 16.6. The zero-order chi connectivity index (χ0) is 8.43. The molecule has 1 heterocycles. The highest BCUT2D eigenvalue weighted by Gasteiger charge is 2.30. The normalized spacial score (nSPS) is 23.1. The molecule has 0 saturated heterocycles. The molecule has 0 saturated carbocycles. The minimum atomic E-state index is -1.34. The molecule has 1 aliphatic heterocycles. The molecule has 0 aromatic rings. The van der Waals surface area contributed by atoms with E-state index in [0.717, 1.165) is 12.2 Å². The highest BCUT2D eigenvalue weighted by Crippen LogP contribution is 2.08. The van der Waals surface area contributed by atoms with E-state index in [2.05, 4.69) is 4.74 Å². The van der Waals surface area contributed by atoms with Crippen LogP contribution in [0.4, 0.5) is 0 Å². The van der Waals surface area contributed by atoms with E-state index in [1.807, 2.05) is 0 Å². The van der Waals surface area contributed by atoms with E-state index in [0.29, 0.717) is 0 Å². The number of carboxylic acids is 1. The largest absolute Gasteiger partial charge is 0.480 e. The summed E-state index contributed by atoms with van der Waals surface area (Å²) in [4.78, 5) is 31.1. The first-order chi connectivity index (χ1) is 5.11. The Morgan fingerprint density at radius 1 is 1.55 bits per heavy atom. The molecule has 0 aromatic heterocycles. The van der Waals surface area contributed by atoms with E-state index in [4.69, 9.17) is 5.11 Å². The second-order valence-electron chi connectivity index (χ2n) is 1.92. The monoisotopic (exact) mass is 156 g/mol. The number of hydrogen-bond donors (Lipinski definition) is 1. The second-order valence-corrected chi connectivity index (χ2v) is 1.92. The number of rotatable bonds is 1. The second kappa shape index (κ2) is 2.53. The fraction of sp³-hybridized carbons (Fsp3) is 0.167. The van der Waals surface area contributed by atoms with Crippen molar-refractivity contribution in [3.63, 3.8) is 0 Å². The maximum Gasteiger partial charge on any atom is 0.338 e. The van der Waals surface area contributed by atoms with Crippen molar-refractivity contribution >= 4 is 17.9 Å². The van der Waals surface area contributed by atoms with Crippen molar-refractivity contribution in [3.05, 3.63) is 12.2 Å². The molecule has 0 aromatic carbocycles. The van der Waals surface area contributed by atoms with Gasteiger partial charge in [0.1, 0.15) is 0 Å². The van der Waals surface area contributed by atoms with E-state index in [1.165, 1.54) is 0 Å². The Morgan fingerprint density at radius 2 is 2.18 bits per heavy atom. The number of carbonyl (C=O) groups excluding carboxylic acids is 2. The van der Waals surface area contributed by atoms with Crippen LogP contribution in [0, 0.1) is 5.92 Å². The number of carbonyl (C=O) groups is 3. The summed E-state index contributed by atoms with van der Waals surface area (Å²) in [6.07, 6.45) is 1.91. The van der Waals surface area contributed by atoms with Crippen LogP contribution >= 0.6 is 0 Å². The van der Waals surface area contributed by atoms with Crippen LogP contribution < -0.4 is 0 Å². The molecule has 1 N–H and O–H groups in total. The van der Waals surface area contributed by atoms with Gasteiger partial charge in [0.05, 0.1) is 0 Å². The van der Waals surface area contributed by atoms with Gasteiger partial charge in [-0.3, -0.25) is 9.59 Å². The summed E-state index contributed by atoms with van der Waals surface area (Å²) < 4.78 is 4.01. The van der Waals surface area contributed by atoms with Gasteiger partial charge in [-0.1, -0.05) is 6.08 Å². The minimum Gasteiger partial charge on any atom is -0.480 e. The first kappa shape index (κ1) is 7.46. The van der Waals surface area contributed by atoms with Gasteiger partial charge < -0.3 is 9.84 Å². The third kappa shape index (κ3) is 1.43. The molecular formula is C6H4O5. The summed E-state index contributed by atoms with van der Waals surface area (Å²) in [7, 11) is 0. The van der Waals surface area contributed by atoms with Gasteiger partial charge in [0.2, 0.25) is 0 Å². The van der Waals surface area contributed by atoms with E-state index >= 15 is 0 Å². The Hall–Kier alpha value is -1.65. The topological polar surface area (TPSA) is 80.7 Å². The van der Waals surface area contributed by atoms with E-state index in [-0.39, 0.29) is 0 Å². The molecule has 1 unspecified atom stereocenters. The number of carboxylic acid groups (broad SMARTS) is 1. The lowest BCUT2D eigenvalue weighted by molar-refractivity contribution is -0.163. The zero-order valence-corrected chi connectivity index (χ0v) is 5.31. The lowest BCUT2D eigenvalue weighted by Gasteiger charge is -2.08. The van der Waals surface area contributed by atoms with Crippen LogP contribution in [0.25, 0.3) is 0 Å². The van der Waals surface area contributed by atoms with Gasteiger partial charge in [-0.25, -0.2) is 4.79 Å². The van der Waals surface area contributed by atoms with Gasteiger partial charge in [-0.2, -0.15) is 0 Å². The van der Waals surface area contributed by atoms with Crippen molar-refractivity contribution in [2.24, 2.45) is 5.92 Å². The average Bonchev–Trinajstić information content (AvgIpc) is 1.85. The lowest BCUT2D eigenvalue weighted by atomic mass is 10.1. The van der Waals surface area contributed by atoms with Gasteiger partial charge in [-0.05, 0) is 0 Å². The van der Waals surface area contributed by atoms with E-state index in [9.17, 15) is 14.4 Å². The molecule has 11 heavy (non-hydrogen) atoms. The van der Waals surface area contributed by atoms with Crippen LogP contribution in [0.3, 0.4) is 0 Å². The Morgan fingerprint density at radius 3 is 2.64 bits per heavy atom. The third-order valence-corrected chi connectivity index (χ3v) is 1.15. The molecule has 0 spiro atoms. The first-order valence-corrected chi connectivity index (χ1v) is 2.78. The number of ether oxygens (including phenoxy) is 1. The molecule has 0 amide bonds. The van der Waals surface area contributed by atoms with E-state index in [1.54, 1.807) is 0 Å². The zero-order valence-electron chi connectivity index (χ0n) is 5.31. The number of hydrogen-bond acceptors (Lipinski definition) is 4. The minimum absolute atomic E-state index is 0.826. The number of esters is 2. The van der Waals surface area contributed by atoms with Crippen LogP contribution in [0.2, 0.25) is 0 Å². The SMILES string of the molecule is O=C1C=CC(C(=O)O)C(=O)O1. The summed E-state index contributed by atoms with van der Waals surface area (Å²) in [5.74, 6) is -4.52. The fourth-order valence-electron chi connectivity index (χ4n) is 0.633. The fourth-order valence-corrected chi connectivity index (χ4v) is 0.633. The Kier molecular flexibility index (Phi) is 1.72. The molecule has 58 valence electrons. The summed E-state index contributed by atoms with van der Waals surface area (Å²) in [6, 6.07) is 0. The summed E-state index contributed by atoms with van der Waals surface area (Å²) in [5.41, 5.74) is 0. The lowest BCUT2D eigenvalue weighted by Crippen LogP contribution is -2.29. The molecule has 0 bridgehead atoms. The molecule has 5 nitrogen and oxygen atoms in total. The van der Waals surface area contributed by atoms with Crippen LogP contribution in [0.15, 0.2) is 12.2 Å². The molecule has 0 fully saturated rings. The predicted octanol–water partition coefficient (Wildman–Crippen LogP) is -0.673. The summed E-state index contributed by atoms with van der Waals surface area (Å²) in [5, 5.41) is 8.33. The Bertz CT molecular complexity index is 252. The Balaban J connectivity index is 2.85. The average molecular weight is 156 g/mol. The van der Waals surface area contributed by atoms with Gasteiger partial charge >= 0.3 is 17.9 Å². The van der Waals surface area contributed by atoms with E-state index < -0.39 is 23.8 Å². The molecule has 1 atom stereocenters. The van der Waals surface area contributed by atoms with Crippen LogP contribution in [-0.2, 0) is 19.1 Å². The highest BCUT2D eigenvalue weighted by molar-refractivity contribution is 6.05. The number of aliphatic carboxylic acids is 1. The van der Waals surface area contributed by atoms with Crippen molar-refractivity contribution in [2.75, 3.05) is 0 Å².